The van der Waals surface area contributed by atoms with Gasteiger partial charge in [0, 0.05) is 15.6 Å². The molecule has 0 spiro atoms. The lowest BCUT2D eigenvalue weighted by Gasteiger charge is -2.26. The Morgan fingerprint density at radius 1 is 1.15 bits per heavy atom. The van der Waals surface area contributed by atoms with Gasteiger partial charge in [-0.3, -0.25) is 4.79 Å². The second-order valence-electron chi connectivity index (χ2n) is 5.21. The van der Waals surface area contributed by atoms with E-state index in [1.807, 2.05) is 24.3 Å². The molecule has 20 heavy (non-hydrogen) atoms. The molecular weight excluding hydrogens is 336 g/mol. The Morgan fingerprint density at radius 2 is 1.95 bits per heavy atom. The molecule has 0 N–H and O–H groups in total. The summed E-state index contributed by atoms with van der Waals surface area (Å²) in [5.41, 5.74) is 2.55. The molecule has 0 radical (unpaired) electrons. The maximum absolute atomic E-state index is 12.6. The maximum Gasteiger partial charge on any atom is 0.194 e. The van der Waals surface area contributed by atoms with Crippen molar-refractivity contribution in [1.82, 2.24) is 0 Å². The number of hydrogen-bond acceptors (Lipinski definition) is 1. The molecule has 2 aromatic rings. The van der Waals surface area contributed by atoms with Crippen molar-refractivity contribution in [2.75, 3.05) is 0 Å². The fourth-order valence-electron chi connectivity index (χ4n) is 2.50. The van der Waals surface area contributed by atoms with Gasteiger partial charge >= 0.3 is 0 Å². The summed E-state index contributed by atoms with van der Waals surface area (Å²) in [6, 6.07) is 13.3. The molecule has 3 rings (SSSR count). The average Bonchev–Trinajstić information content (AvgIpc) is 2.36. The van der Waals surface area contributed by atoms with E-state index in [1.54, 1.807) is 12.1 Å². The Hall–Kier alpha value is -1.12. The standard InChI is InChI=1S/C17H14BrClO/c18-14-7-8-15(16(19)10-14)17(20)13-6-2-5-12(9-13)11-3-1-4-11/h2,5-11H,1,3-4H2. The molecule has 1 saturated carbocycles. The van der Waals surface area contributed by atoms with Crippen molar-refractivity contribution < 1.29 is 4.79 Å². The zero-order valence-electron chi connectivity index (χ0n) is 10.9. The van der Waals surface area contributed by atoms with Crippen molar-refractivity contribution in [3.05, 3.63) is 68.7 Å². The van der Waals surface area contributed by atoms with Crippen LogP contribution in [0, 0.1) is 0 Å². The van der Waals surface area contributed by atoms with Gasteiger partial charge in [0.25, 0.3) is 0 Å². The number of hydrogen-bond donors (Lipinski definition) is 0. The number of ketones is 1. The largest absolute Gasteiger partial charge is 0.289 e. The molecular formula is C17H14BrClO. The summed E-state index contributed by atoms with van der Waals surface area (Å²) in [6.07, 6.45) is 3.76. The Morgan fingerprint density at radius 3 is 2.60 bits per heavy atom. The highest BCUT2D eigenvalue weighted by molar-refractivity contribution is 9.10. The van der Waals surface area contributed by atoms with Crippen LogP contribution >= 0.6 is 27.5 Å². The van der Waals surface area contributed by atoms with Gasteiger partial charge in [0.05, 0.1) is 5.02 Å². The van der Waals surface area contributed by atoms with E-state index in [4.69, 9.17) is 11.6 Å². The third-order valence-corrected chi connectivity index (χ3v) is 4.71. The van der Waals surface area contributed by atoms with E-state index in [1.165, 1.54) is 24.8 Å². The predicted octanol–water partition coefficient (Wildman–Crippen LogP) is 5.60. The van der Waals surface area contributed by atoms with Gasteiger partial charge in [0.1, 0.15) is 0 Å². The SMILES string of the molecule is O=C(c1cccc(C2CCC2)c1)c1ccc(Br)cc1Cl. The van der Waals surface area contributed by atoms with Crippen LogP contribution in [0.5, 0.6) is 0 Å². The van der Waals surface area contributed by atoms with E-state index >= 15 is 0 Å². The molecule has 0 unspecified atom stereocenters. The first-order valence-corrected chi connectivity index (χ1v) is 7.92. The summed E-state index contributed by atoms with van der Waals surface area (Å²) < 4.78 is 0.877. The van der Waals surface area contributed by atoms with Crippen molar-refractivity contribution in [2.45, 2.75) is 25.2 Å². The first kappa shape index (κ1) is 13.8. The second-order valence-corrected chi connectivity index (χ2v) is 6.53. The van der Waals surface area contributed by atoms with Crippen LogP contribution < -0.4 is 0 Å². The molecule has 1 nitrogen and oxygen atoms in total. The fraction of sp³-hybridized carbons (Fsp3) is 0.235. The maximum atomic E-state index is 12.6. The van der Waals surface area contributed by atoms with Crippen LogP contribution in [0.2, 0.25) is 5.02 Å². The van der Waals surface area contributed by atoms with Crippen LogP contribution in [0.1, 0.15) is 46.7 Å². The molecule has 0 bridgehead atoms. The zero-order chi connectivity index (χ0) is 14.1. The molecule has 0 heterocycles. The smallest absolute Gasteiger partial charge is 0.194 e. The molecule has 0 aromatic heterocycles. The molecule has 0 atom stereocenters. The Bertz CT molecular complexity index is 662. The minimum atomic E-state index is -0.0105. The second kappa shape index (κ2) is 5.71. The lowest BCUT2D eigenvalue weighted by atomic mass is 9.79. The lowest BCUT2D eigenvalue weighted by molar-refractivity contribution is 0.103. The van der Waals surface area contributed by atoms with E-state index in [-0.39, 0.29) is 5.78 Å². The summed E-state index contributed by atoms with van der Waals surface area (Å²) in [6.45, 7) is 0. The van der Waals surface area contributed by atoms with Crippen molar-refractivity contribution in [3.8, 4) is 0 Å². The van der Waals surface area contributed by atoms with E-state index in [2.05, 4.69) is 22.0 Å². The topological polar surface area (TPSA) is 17.1 Å². The summed E-state index contributed by atoms with van der Waals surface area (Å²) >= 11 is 9.52. The van der Waals surface area contributed by atoms with Gasteiger partial charge in [-0.1, -0.05) is 52.2 Å². The van der Waals surface area contributed by atoms with Crippen LogP contribution in [0.15, 0.2) is 46.9 Å². The first-order chi connectivity index (χ1) is 9.65. The highest BCUT2D eigenvalue weighted by Gasteiger charge is 2.21. The minimum Gasteiger partial charge on any atom is -0.289 e. The molecule has 0 aliphatic heterocycles. The van der Waals surface area contributed by atoms with Crippen molar-refractivity contribution >= 4 is 33.3 Å². The number of halogens is 2. The number of carbonyl (C=O) groups excluding carboxylic acids is 1. The number of rotatable bonds is 3. The third kappa shape index (κ3) is 2.68. The Balaban J connectivity index is 1.93. The molecule has 1 aliphatic carbocycles. The summed E-state index contributed by atoms with van der Waals surface area (Å²) in [5.74, 6) is 0.617. The van der Waals surface area contributed by atoms with Gasteiger partial charge in [-0.2, -0.15) is 0 Å². The van der Waals surface area contributed by atoms with Crippen LogP contribution in [0.25, 0.3) is 0 Å². The van der Waals surface area contributed by atoms with Gasteiger partial charge < -0.3 is 0 Å². The summed E-state index contributed by atoms with van der Waals surface area (Å²) in [4.78, 5) is 12.6. The van der Waals surface area contributed by atoms with Crippen molar-refractivity contribution in [1.29, 1.82) is 0 Å². The lowest BCUT2D eigenvalue weighted by Crippen LogP contribution is -2.10. The minimum absolute atomic E-state index is 0.0105. The van der Waals surface area contributed by atoms with E-state index in [0.717, 1.165) is 10.0 Å². The Labute approximate surface area is 132 Å². The average molecular weight is 350 g/mol. The van der Waals surface area contributed by atoms with Crippen molar-refractivity contribution in [3.63, 3.8) is 0 Å². The molecule has 1 fully saturated rings. The quantitative estimate of drug-likeness (QED) is 0.659. The highest BCUT2D eigenvalue weighted by Crippen LogP contribution is 2.36. The summed E-state index contributed by atoms with van der Waals surface area (Å²) in [5, 5.41) is 0.485. The zero-order valence-corrected chi connectivity index (χ0v) is 13.2. The highest BCUT2D eigenvalue weighted by atomic mass is 79.9. The van der Waals surface area contributed by atoms with E-state index < -0.39 is 0 Å². The van der Waals surface area contributed by atoms with Crippen LogP contribution in [-0.2, 0) is 0 Å². The molecule has 0 amide bonds. The van der Waals surface area contributed by atoms with Crippen LogP contribution in [0.4, 0.5) is 0 Å². The number of carbonyl (C=O) groups is 1. The van der Waals surface area contributed by atoms with Gasteiger partial charge in [-0.05, 0) is 48.6 Å². The summed E-state index contributed by atoms with van der Waals surface area (Å²) in [7, 11) is 0. The first-order valence-electron chi connectivity index (χ1n) is 6.75. The van der Waals surface area contributed by atoms with Gasteiger partial charge in [0.2, 0.25) is 0 Å². The molecule has 102 valence electrons. The molecule has 3 heteroatoms. The molecule has 1 aliphatic rings. The van der Waals surface area contributed by atoms with Crippen LogP contribution in [0.3, 0.4) is 0 Å². The Kier molecular flexibility index (Phi) is 3.95. The third-order valence-electron chi connectivity index (χ3n) is 3.90. The molecule has 0 saturated heterocycles. The van der Waals surface area contributed by atoms with Gasteiger partial charge in [-0.25, -0.2) is 0 Å². The van der Waals surface area contributed by atoms with Gasteiger partial charge in [-0.15, -0.1) is 0 Å². The number of benzene rings is 2. The van der Waals surface area contributed by atoms with E-state index in [9.17, 15) is 4.79 Å². The predicted molar refractivity (Wildman–Crippen MR) is 85.6 cm³/mol. The monoisotopic (exact) mass is 348 g/mol. The van der Waals surface area contributed by atoms with E-state index in [0.29, 0.717) is 16.5 Å². The van der Waals surface area contributed by atoms with Crippen molar-refractivity contribution in [2.24, 2.45) is 0 Å². The molecule has 2 aromatic carbocycles. The normalized spacial score (nSPS) is 14.9. The van der Waals surface area contributed by atoms with Crippen LogP contribution in [-0.4, -0.2) is 5.78 Å². The fourth-order valence-corrected chi connectivity index (χ4v) is 3.26. The van der Waals surface area contributed by atoms with Gasteiger partial charge in [0.15, 0.2) is 5.78 Å².